The van der Waals surface area contributed by atoms with E-state index in [1.807, 2.05) is 12.3 Å². The number of ether oxygens (including phenoxy) is 1. The van der Waals surface area contributed by atoms with Crippen molar-refractivity contribution in [3.8, 4) is 0 Å². The molecule has 2 aliphatic rings. The highest BCUT2D eigenvalue weighted by Gasteiger charge is 2.27. The van der Waals surface area contributed by atoms with Gasteiger partial charge in [0.25, 0.3) is 0 Å². The molecule has 0 unspecified atom stereocenters. The highest BCUT2D eigenvalue weighted by atomic mass is 127. The van der Waals surface area contributed by atoms with Crippen LogP contribution in [-0.4, -0.2) is 87.2 Å². The lowest BCUT2D eigenvalue weighted by Gasteiger charge is -2.34. The molecule has 0 aliphatic carbocycles. The van der Waals surface area contributed by atoms with Crippen LogP contribution >= 0.6 is 24.0 Å². The zero-order chi connectivity index (χ0) is 19.9. The van der Waals surface area contributed by atoms with Crippen LogP contribution in [0.3, 0.4) is 0 Å². The lowest BCUT2D eigenvalue weighted by Crippen LogP contribution is -2.46. The standard InChI is InChI=1S/C20H32N6O2.HI/c1-21-20(26-8-5-17(6-9-26)19(27)28-3)23-15-16-4-7-22-18(14-16)25-12-10-24(2)11-13-25;/h4,7,14,17H,5-6,8-13,15H2,1-3H3,(H,21,23);1H. The number of rotatable bonds is 4. The number of hydrogen-bond donors (Lipinski definition) is 1. The number of hydrogen-bond acceptors (Lipinski definition) is 6. The number of methoxy groups -OCH3 is 1. The molecule has 2 fully saturated rings. The maximum atomic E-state index is 11.7. The molecule has 0 bridgehead atoms. The first-order chi connectivity index (χ1) is 13.6. The van der Waals surface area contributed by atoms with Gasteiger partial charge in [0.2, 0.25) is 0 Å². The molecule has 8 nitrogen and oxygen atoms in total. The van der Waals surface area contributed by atoms with Gasteiger partial charge in [-0.05, 0) is 37.6 Å². The lowest BCUT2D eigenvalue weighted by molar-refractivity contribution is -0.146. The Morgan fingerprint density at radius 3 is 2.55 bits per heavy atom. The molecule has 3 rings (SSSR count). The number of aliphatic imine (C=N–C) groups is 1. The van der Waals surface area contributed by atoms with Gasteiger partial charge in [0.15, 0.2) is 5.96 Å². The summed E-state index contributed by atoms with van der Waals surface area (Å²) in [6, 6.07) is 4.21. The summed E-state index contributed by atoms with van der Waals surface area (Å²) in [7, 11) is 5.42. The Bertz CT molecular complexity index is 685. The van der Waals surface area contributed by atoms with Crippen LogP contribution in [0.5, 0.6) is 0 Å². The van der Waals surface area contributed by atoms with Gasteiger partial charge in [-0.2, -0.15) is 0 Å². The summed E-state index contributed by atoms with van der Waals surface area (Å²) in [6.45, 7) is 6.47. The number of pyridine rings is 1. The molecule has 0 atom stereocenters. The molecule has 1 aromatic heterocycles. The smallest absolute Gasteiger partial charge is 0.308 e. The molecule has 0 radical (unpaired) electrons. The van der Waals surface area contributed by atoms with E-state index in [-0.39, 0.29) is 35.9 Å². The summed E-state index contributed by atoms with van der Waals surface area (Å²) in [4.78, 5) is 27.6. The second-order valence-electron chi connectivity index (χ2n) is 7.50. The topological polar surface area (TPSA) is 73.3 Å². The Morgan fingerprint density at radius 1 is 1.24 bits per heavy atom. The fourth-order valence-electron chi connectivity index (χ4n) is 3.79. The average molecular weight is 516 g/mol. The molecule has 162 valence electrons. The van der Waals surface area contributed by atoms with Gasteiger partial charge in [0, 0.05) is 59.1 Å². The second kappa shape index (κ2) is 11.5. The molecule has 2 saturated heterocycles. The van der Waals surface area contributed by atoms with Gasteiger partial charge in [-0.1, -0.05) is 0 Å². The summed E-state index contributed by atoms with van der Waals surface area (Å²) in [6.07, 6.45) is 3.49. The number of halogens is 1. The Kier molecular flexibility index (Phi) is 9.41. The van der Waals surface area contributed by atoms with Crippen LogP contribution in [-0.2, 0) is 16.1 Å². The normalized spacial score (nSPS) is 18.9. The Labute approximate surface area is 190 Å². The van der Waals surface area contributed by atoms with E-state index in [1.165, 1.54) is 12.7 Å². The quantitative estimate of drug-likeness (QED) is 0.281. The van der Waals surface area contributed by atoms with Crippen molar-refractivity contribution in [2.45, 2.75) is 19.4 Å². The predicted molar refractivity (Wildman–Crippen MR) is 126 cm³/mol. The third-order valence-corrected chi connectivity index (χ3v) is 5.63. The van der Waals surface area contributed by atoms with Gasteiger partial charge in [0.05, 0.1) is 13.0 Å². The van der Waals surface area contributed by atoms with Crippen LogP contribution in [0.2, 0.25) is 0 Å². The lowest BCUT2D eigenvalue weighted by atomic mass is 9.97. The summed E-state index contributed by atoms with van der Waals surface area (Å²) in [5, 5.41) is 3.46. The SMILES string of the molecule is CN=C(NCc1ccnc(N2CCN(C)CC2)c1)N1CCC(C(=O)OC)CC1.I. The summed E-state index contributed by atoms with van der Waals surface area (Å²) in [5.41, 5.74) is 1.19. The van der Waals surface area contributed by atoms with Crippen molar-refractivity contribution in [1.82, 2.24) is 20.1 Å². The maximum absolute atomic E-state index is 11.7. The number of aromatic nitrogens is 1. The van der Waals surface area contributed by atoms with Crippen LogP contribution in [0, 0.1) is 5.92 Å². The number of piperidine rings is 1. The van der Waals surface area contributed by atoms with Crippen LogP contribution in [0.15, 0.2) is 23.3 Å². The molecule has 0 spiro atoms. The molecule has 3 heterocycles. The molecule has 0 saturated carbocycles. The predicted octanol–water partition coefficient (Wildman–Crippen LogP) is 1.41. The fraction of sp³-hybridized carbons (Fsp3) is 0.650. The number of nitrogens with zero attached hydrogens (tertiary/aromatic N) is 5. The Balaban J connectivity index is 0.00000300. The molecule has 29 heavy (non-hydrogen) atoms. The van der Waals surface area contributed by atoms with Crippen molar-refractivity contribution in [2.24, 2.45) is 10.9 Å². The highest BCUT2D eigenvalue weighted by Crippen LogP contribution is 2.19. The van der Waals surface area contributed by atoms with Gasteiger partial charge in [-0.15, -0.1) is 24.0 Å². The zero-order valence-electron chi connectivity index (χ0n) is 17.6. The van der Waals surface area contributed by atoms with Crippen LogP contribution < -0.4 is 10.2 Å². The van der Waals surface area contributed by atoms with E-state index in [2.05, 4.69) is 43.1 Å². The van der Waals surface area contributed by atoms with E-state index >= 15 is 0 Å². The third kappa shape index (κ3) is 6.43. The minimum atomic E-state index is -0.101. The van der Waals surface area contributed by atoms with Crippen molar-refractivity contribution >= 4 is 41.7 Å². The maximum Gasteiger partial charge on any atom is 0.308 e. The Morgan fingerprint density at radius 2 is 1.93 bits per heavy atom. The highest BCUT2D eigenvalue weighted by molar-refractivity contribution is 14.0. The van der Waals surface area contributed by atoms with Crippen LogP contribution in [0.4, 0.5) is 5.82 Å². The van der Waals surface area contributed by atoms with Crippen molar-refractivity contribution < 1.29 is 9.53 Å². The molecule has 9 heteroatoms. The van der Waals surface area contributed by atoms with Crippen molar-refractivity contribution in [2.75, 3.05) is 65.4 Å². The van der Waals surface area contributed by atoms with Gasteiger partial charge >= 0.3 is 5.97 Å². The van der Waals surface area contributed by atoms with Gasteiger partial charge in [-0.25, -0.2) is 4.98 Å². The molecule has 1 N–H and O–H groups in total. The zero-order valence-corrected chi connectivity index (χ0v) is 20.0. The van der Waals surface area contributed by atoms with Crippen molar-refractivity contribution in [3.05, 3.63) is 23.9 Å². The minimum absolute atomic E-state index is 0. The van der Waals surface area contributed by atoms with Crippen molar-refractivity contribution in [1.29, 1.82) is 0 Å². The number of likely N-dealkylation sites (tertiary alicyclic amines) is 1. The first kappa shape index (κ1) is 23.7. The monoisotopic (exact) mass is 516 g/mol. The number of carbonyl (C=O) groups excluding carboxylic acids is 1. The van der Waals surface area contributed by atoms with E-state index in [0.29, 0.717) is 6.54 Å². The molecular weight excluding hydrogens is 483 g/mol. The van der Waals surface area contributed by atoms with Gasteiger partial charge in [-0.3, -0.25) is 9.79 Å². The minimum Gasteiger partial charge on any atom is -0.469 e. The number of likely N-dealkylation sites (N-methyl/N-ethyl adjacent to an activating group) is 1. The largest absolute Gasteiger partial charge is 0.469 e. The van der Waals surface area contributed by atoms with Gasteiger partial charge < -0.3 is 24.8 Å². The van der Waals surface area contributed by atoms with E-state index in [4.69, 9.17) is 4.74 Å². The number of nitrogens with one attached hydrogen (secondary N) is 1. The summed E-state index contributed by atoms with van der Waals surface area (Å²) < 4.78 is 4.87. The van der Waals surface area contributed by atoms with Gasteiger partial charge in [0.1, 0.15) is 5.82 Å². The first-order valence-corrected chi connectivity index (χ1v) is 10.0. The number of guanidine groups is 1. The molecule has 1 aromatic rings. The number of piperazine rings is 1. The number of carbonyl (C=O) groups is 1. The van der Waals surface area contributed by atoms with Crippen LogP contribution in [0.25, 0.3) is 0 Å². The molecular formula is C20H33IN6O2. The van der Waals surface area contributed by atoms with E-state index in [1.54, 1.807) is 7.05 Å². The van der Waals surface area contributed by atoms with E-state index < -0.39 is 0 Å². The summed E-state index contributed by atoms with van der Waals surface area (Å²) in [5.74, 6) is 1.82. The number of esters is 1. The summed E-state index contributed by atoms with van der Waals surface area (Å²) >= 11 is 0. The third-order valence-electron chi connectivity index (χ3n) is 5.63. The van der Waals surface area contributed by atoms with E-state index in [9.17, 15) is 4.79 Å². The number of anilines is 1. The molecule has 0 amide bonds. The molecule has 2 aliphatic heterocycles. The van der Waals surface area contributed by atoms with Crippen molar-refractivity contribution in [3.63, 3.8) is 0 Å². The fourth-order valence-corrected chi connectivity index (χ4v) is 3.79. The van der Waals surface area contributed by atoms with Crippen LogP contribution in [0.1, 0.15) is 18.4 Å². The van der Waals surface area contributed by atoms with E-state index in [0.717, 1.165) is 63.9 Å². The second-order valence-corrected chi connectivity index (χ2v) is 7.50. The molecule has 0 aromatic carbocycles. The first-order valence-electron chi connectivity index (χ1n) is 10.0. The average Bonchev–Trinajstić information content (AvgIpc) is 2.75. The Hall–Kier alpha value is -1.62.